The third-order valence-corrected chi connectivity index (χ3v) is 3.67. The molecule has 108 valence electrons. The molecule has 0 aromatic carbocycles. The Hall–Kier alpha value is -1.95. The van der Waals surface area contributed by atoms with Crippen molar-refractivity contribution >= 4 is 17.8 Å². The van der Waals surface area contributed by atoms with Gasteiger partial charge in [-0.25, -0.2) is 14.6 Å². The molecule has 2 unspecified atom stereocenters. The fraction of sp³-hybridized carbons (Fsp3) is 0.500. The second-order valence-corrected chi connectivity index (χ2v) is 5.66. The minimum Gasteiger partial charge on any atom is -0.480 e. The second-order valence-electron chi connectivity index (χ2n) is 5.66. The second kappa shape index (κ2) is 5.20. The zero-order chi connectivity index (χ0) is 14.9. The highest BCUT2D eigenvalue weighted by Gasteiger charge is 2.55. The predicted molar refractivity (Wildman–Crippen MR) is 75.2 cm³/mol. The number of nitrogens with zero attached hydrogens (tertiary/aromatic N) is 3. The van der Waals surface area contributed by atoms with Crippen molar-refractivity contribution in [2.75, 3.05) is 20.1 Å². The number of pyridine rings is 1. The summed E-state index contributed by atoms with van der Waals surface area (Å²) in [7, 11) is 1.55. The molecule has 2 amide bonds. The first kappa shape index (κ1) is 14.5. The topological polar surface area (TPSA) is 70.5 Å². The quantitative estimate of drug-likeness (QED) is 0.849. The zero-order valence-corrected chi connectivity index (χ0v) is 12.0. The number of likely N-dealkylation sites (N-methyl/N-ethyl adjacent to an activating group) is 1. The molecule has 0 saturated carbocycles. The molecule has 0 bridgehead atoms. The van der Waals surface area contributed by atoms with Crippen molar-refractivity contribution in [2.24, 2.45) is 5.92 Å². The maximum atomic E-state index is 12.7. The highest BCUT2D eigenvalue weighted by molar-refractivity contribution is 5.94. The Morgan fingerprint density at radius 2 is 2.25 bits per heavy atom. The molecule has 0 radical (unpaired) electrons. The molecule has 2 rings (SSSR count). The third kappa shape index (κ3) is 2.27. The Balaban J connectivity index is 2.49. The van der Waals surface area contributed by atoms with Crippen molar-refractivity contribution in [3.05, 3.63) is 24.4 Å². The van der Waals surface area contributed by atoms with Gasteiger partial charge in [0.05, 0.1) is 6.54 Å². The standard InChI is InChI=1S/C14H19N3O3/c1-10(2)8-17(12-6-4-5-7-15-12)9-11(13(18)19)16(3)14(17)20/h4-7,10-11H,8-9H2,1-3H3/p+1. The van der Waals surface area contributed by atoms with Gasteiger partial charge in [0, 0.05) is 25.2 Å². The van der Waals surface area contributed by atoms with Crippen molar-refractivity contribution < 1.29 is 14.7 Å². The average molecular weight is 278 g/mol. The number of carboxylic acids is 1. The maximum Gasteiger partial charge on any atom is 0.426 e. The fourth-order valence-corrected chi connectivity index (χ4v) is 2.84. The molecule has 0 spiro atoms. The van der Waals surface area contributed by atoms with Gasteiger partial charge in [-0.05, 0) is 6.07 Å². The smallest absolute Gasteiger partial charge is 0.426 e. The number of hydrogen-bond acceptors (Lipinski definition) is 3. The van der Waals surface area contributed by atoms with Gasteiger partial charge < -0.3 is 5.11 Å². The van der Waals surface area contributed by atoms with Gasteiger partial charge in [0.15, 0.2) is 6.04 Å². The summed E-state index contributed by atoms with van der Waals surface area (Å²) in [6, 6.07) is 4.39. The molecular weight excluding hydrogens is 258 g/mol. The molecule has 1 aromatic heterocycles. The molecule has 1 N–H and O–H groups in total. The highest BCUT2D eigenvalue weighted by atomic mass is 16.4. The maximum absolute atomic E-state index is 12.7. The molecule has 1 aliphatic rings. The van der Waals surface area contributed by atoms with Crippen LogP contribution in [0.4, 0.5) is 10.6 Å². The van der Waals surface area contributed by atoms with E-state index in [4.69, 9.17) is 0 Å². The summed E-state index contributed by atoms with van der Waals surface area (Å²) in [5.41, 5.74) is 0. The lowest BCUT2D eigenvalue weighted by Crippen LogP contribution is -2.54. The highest BCUT2D eigenvalue weighted by Crippen LogP contribution is 2.31. The van der Waals surface area contributed by atoms with Gasteiger partial charge in [-0.1, -0.05) is 19.9 Å². The van der Waals surface area contributed by atoms with E-state index in [1.807, 2.05) is 19.9 Å². The molecule has 1 saturated heterocycles. The summed E-state index contributed by atoms with van der Waals surface area (Å²) in [6.45, 7) is 4.80. The van der Waals surface area contributed by atoms with Crippen LogP contribution in [0.5, 0.6) is 0 Å². The Morgan fingerprint density at radius 1 is 1.55 bits per heavy atom. The van der Waals surface area contributed by atoms with Crippen LogP contribution in [0.1, 0.15) is 13.8 Å². The van der Waals surface area contributed by atoms with E-state index in [2.05, 4.69) is 4.98 Å². The number of aromatic nitrogens is 1. The number of rotatable bonds is 4. The molecular formula is C14H20N3O3+. The molecule has 1 aromatic rings. The largest absolute Gasteiger partial charge is 0.480 e. The van der Waals surface area contributed by atoms with Gasteiger partial charge in [0.2, 0.25) is 5.82 Å². The number of carbonyl (C=O) groups excluding carboxylic acids is 1. The lowest BCUT2D eigenvalue weighted by molar-refractivity contribution is -0.140. The molecule has 6 heteroatoms. The predicted octanol–water partition coefficient (Wildman–Crippen LogP) is 1.56. The number of carbonyl (C=O) groups is 2. The number of amides is 2. The molecule has 20 heavy (non-hydrogen) atoms. The van der Waals surface area contributed by atoms with E-state index in [1.54, 1.807) is 25.4 Å². The van der Waals surface area contributed by atoms with Crippen LogP contribution in [0.3, 0.4) is 0 Å². The lowest BCUT2D eigenvalue weighted by atomic mass is 10.1. The third-order valence-electron chi connectivity index (χ3n) is 3.67. The fourth-order valence-electron chi connectivity index (χ4n) is 2.84. The van der Waals surface area contributed by atoms with Crippen LogP contribution in [0, 0.1) is 5.92 Å². The van der Waals surface area contributed by atoms with Crippen LogP contribution in [-0.4, -0.2) is 53.2 Å². The average Bonchev–Trinajstić information content (AvgIpc) is 2.65. The van der Waals surface area contributed by atoms with Crippen LogP contribution in [0.25, 0.3) is 0 Å². The Kier molecular flexibility index (Phi) is 3.76. The van der Waals surface area contributed by atoms with E-state index in [0.29, 0.717) is 12.4 Å². The van der Waals surface area contributed by atoms with Crippen LogP contribution < -0.4 is 4.48 Å². The van der Waals surface area contributed by atoms with Crippen molar-refractivity contribution in [3.63, 3.8) is 0 Å². The van der Waals surface area contributed by atoms with Gasteiger partial charge in [-0.3, -0.25) is 4.90 Å². The summed E-state index contributed by atoms with van der Waals surface area (Å²) >= 11 is 0. The van der Waals surface area contributed by atoms with E-state index < -0.39 is 12.0 Å². The molecule has 1 aliphatic heterocycles. The number of urea groups is 1. The van der Waals surface area contributed by atoms with Crippen LogP contribution in [-0.2, 0) is 4.79 Å². The first-order valence-electron chi connectivity index (χ1n) is 6.67. The first-order valence-corrected chi connectivity index (χ1v) is 6.67. The van der Waals surface area contributed by atoms with Crippen molar-refractivity contribution in [3.8, 4) is 0 Å². The van der Waals surface area contributed by atoms with Crippen LogP contribution >= 0.6 is 0 Å². The van der Waals surface area contributed by atoms with E-state index in [9.17, 15) is 14.7 Å². The summed E-state index contributed by atoms with van der Waals surface area (Å²) < 4.78 is -0.0219. The van der Waals surface area contributed by atoms with Gasteiger partial charge >= 0.3 is 12.0 Å². The van der Waals surface area contributed by atoms with Gasteiger partial charge in [0.1, 0.15) is 6.54 Å². The first-order chi connectivity index (χ1) is 9.38. The van der Waals surface area contributed by atoms with E-state index in [1.165, 1.54) is 4.90 Å². The monoisotopic (exact) mass is 278 g/mol. The Bertz CT molecular complexity index is 518. The molecule has 2 heterocycles. The summed E-state index contributed by atoms with van der Waals surface area (Å²) in [5, 5.41) is 9.29. The van der Waals surface area contributed by atoms with E-state index >= 15 is 0 Å². The minimum atomic E-state index is -0.972. The van der Waals surface area contributed by atoms with Crippen LogP contribution in [0.2, 0.25) is 0 Å². The number of hydrogen-bond donors (Lipinski definition) is 1. The number of quaternary nitrogens is 1. The Morgan fingerprint density at radius 3 is 2.70 bits per heavy atom. The normalized spacial score (nSPS) is 26.3. The number of carboxylic acid groups (broad SMARTS) is 1. The Labute approximate surface area is 118 Å². The van der Waals surface area contributed by atoms with Gasteiger partial charge in [0.25, 0.3) is 0 Å². The van der Waals surface area contributed by atoms with E-state index in [-0.39, 0.29) is 23.0 Å². The van der Waals surface area contributed by atoms with Crippen molar-refractivity contribution in [2.45, 2.75) is 19.9 Å². The minimum absolute atomic E-state index is 0.0219. The van der Waals surface area contributed by atoms with Crippen LogP contribution in [0.15, 0.2) is 24.4 Å². The SMILES string of the molecule is CC(C)C[N+]1(c2ccccn2)CC(C(=O)O)N(C)C1=O. The van der Waals surface area contributed by atoms with Gasteiger partial charge in [-0.15, -0.1) is 0 Å². The van der Waals surface area contributed by atoms with Gasteiger partial charge in [-0.2, -0.15) is 4.48 Å². The molecule has 6 nitrogen and oxygen atoms in total. The van der Waals surface area contributed by atoms with E-state index in [0.717, 1.165) is 0 Å². The molecule has 0 aliphatic carbocycles. The van der Waals surface area contributed by atoms with Crippen molar-refractivity contribution in [1.29, 1.82) is 0 Å². The molecule has 1 fully saturated rings. The summed E-state index contributed by atoms with van der Waals surface area (Å²) in [6.07, 6.45) is 1.64. The summed E-state index contributed by atoms with van der Waals surface area (Å²) in [4.78, 5) is 29.6. The zero-order valence-electron chi connectivity index (χ0n) is 12.0. The number of aliphatic carboxylic acids is 1. The molecule has 2 atom stereocenters. The lowest BCUT2D eigenvalue weighted by Gasteiger charge is -2.30. The summed E-state index contributed by atoms with van der Waals surface area (Å²) in [5.74, 6) is -0.107. The van der Waals surface area contributed by atoms with Crippen molar-refractivity contribution in [1.82, 2.24) is 14.4 Å².